The molecule has 0 fully saturated rings. The average Bonchev–Trinajstić information content (AvgIpc) is 3.45. The molecule has 0 saturated heterocycles. The Morgan fingerprint density at radius 3 is 2.67 bits per heavy atom. The lowest BCUT2D eigenvalue weighted by molar-refractivity contribution is -0.113. The second-order valence-electron chi connectivity index (χ2n) is 7.63. The number of hydrogen-bond donors (Lipinski definition) is 2. The summed E-state index contributed by atoms with van der Waals surface area (Å²) in [7, 11) is 1.58. The number of amides is 1. The zero-order valence-electron chi connectivity index (χ0n) is 18.4. The van der Waals surface area contributed by atoms with Gasteiger partial charge in [-0.25, -0.2) is 4.68 Å². The number of pyridine rings is 1. The smallest absolute Gasteiger partial charge is 0.256 e. The number of carbonyl (C=O) groups excluding carboxylic acids is 1. The number of thiophene rings is 1. The van der Waals surface area contributed by atoms with Gasteiger partial charge < -0.3 is 15.4 Å². The van der Waals surface area contributed by atoms with Crippen LogP contribution in [0.5, 0.6) is 5.75 Å². The zero-order chi connectivity index (χ0) is 22.9. The van der Waals surface area contributed by atoms with E-state index in [1.165, 1.54) is 0 Å². The van der Waals surface area contributed by atoms with Crippen molar-refractivity contribution in [2.45, 2.75) is 19.9 Å². The van der Waals surface area contributed by atoms with Gasteiger partial charge in [-0.2, -0.15) is 4.98 Å². The van der Waals surface area contributed by atoms with Crippen LogP contribution in [0.15, 0.2) is 71.5 Å². The van der Waals surface area contributed by atoms with Crippen LogP contribution in [0.4, 0.5) is 11.6 Å². The summed E-state index contributed by atoms with van der Waals surface area (Å²) >= 11 is 1.60. The van der Waals surface area contributed by atoms with E-state index in [9.17, 15) is 4.79 Å². The van der Waals surface area contributed by atoms with Gasteiger partial charge in [0.15, 0.2) is 5.82 Å². The van der Waals surface area contributed by atoms with Gasteiger partial charge in [0.1, 0.15) is 11.8 Å². The summed E-state index contributed by atoms with van der Waals surface area (Å²) in [4.78, 5) is 23.4. The number of methoxy groups -OCH3 is 1. The Bertz CT molecular complexity index is 1360. The van der Waals surface area contributed by atoms with Crippen molar-refractivity contribution in [3.8, 4) is 17.1 Å². The fraction of sp³-hybridized carbons (Fsp3) is 0.167. The maximum atomic E-state index is 13.6. The number of hydrogen-bond acceptors (Lipinski definition) is 7. The van der Waals surface area contributed by atoms with Crippen LogP contribution in [-0.4, -0.2) is 32.8 Å². The Hall–Kier alpha value is -3.98. The number of nitrogens with zero attached hydrogens (tertiary/aromatic N) is 4. The molecule has 166 valence electrons. The summed E-state index contributed by atoms with van der Waals surface area (Å²) in [6.45, 7) is 3.93. The number of aromatic nitrogens is 4. The summed E-state index contributed by atoms with van der Waals surface area (Å²) in [6, 6.07) is 12.7. The molecule has 33 heavy (non-hydrogen) atoms. The summed E-state index contributed by atoms with van der Waals surface area (Å²) in [5.41, 5.74) is 3.85. The average molecular weight is 459 g/mol. The predicted molar refractivity (Wildman–Crippen MR) is 128 cm³/mol. The number of ether oxygens (including phenoxy) is 1. The molecule has 2 N–H and O–H groups in total. The minimum atomic E-state index is -0.418. The number of para-hydroxylation sites is 2. The monoisotopic (exact) mass is 458 g/mol. The van der Waals surface area contributed by atoms with Gasteiger partial charge in [0.25, 0.3) is 5.91 Å². The van der Waals surface area contributed by atoms with Crippen molar-refractivity contribution < 1.29 is 9.53 Å². The molecule has 3 aromatic heterocycles. The molecule has 4 aromatic rings. The van der Waals surface area contributed by atoms with E-state index >= 15 is 0 Å². The summed E-state index contributed by atoms with van der Waals surface area (Å²) < 4.78 is 7.20. The Kier molecular flexibility index (Phi) is 5.39. The van der Waals surface area contributed by atoms with Crippen LogP contribution in [0, 0.1) is 6.92 Å². The highest BCUT2D eigenvalue weighted by Gasteiger charge is 2.36. The van der Waals surface area contributed by atoms with Gasteiger partial charge in [0.05, 0.1) is 18.4 Å². The van der Waals surface area contributed by atoms with E-state index in [2.05, 4.69) is 15.6 Å². The van der Waals surface area contributed by atoms with Crippen molar-refractivity contribution >= 4 is 28.9 Å². The second kappa shape index (κ2) is 8.51. The Morgan fingerprint density at radius 2 is 1.94 bits per heavy atom. The first-order valence-electron chi connectivity index (χ1n) is 10.4. The standard InChI is InChI=1S/C24H22N6O2S/c1-14-10-13-33-21(14)20-19(23(31)27-17-6-4-5-7-18(17)32-3)15(2)26-24-28-22(29-30(20)24)16-8-11-25-12-9-16/h4-13,20H,1-3H3,(H,27,31)(H,26,28,29). The molecule has 0 saturated carbocycles. The lowest BCUT2D eigenvalue weighted by Crippen LogP contribution is -2.31. The quantitative estimate of drug-likeness (QED) is 0.452. The van der Waals surface area contributed by atoms with Crippen molar-refractivity contribution in [1.82, 2.24) is 19.7 Å². The molecule has 4 heterocycles. The third-order valence-electron chi connectivity index (χ3n) is 5.54. The molecule has 0 bridgehead atoms. The van der Waals surface area contributed by atoms with Crippen molar-refractivity contribution in [3.63, 3.8) is 0 Å². The molecule has 5 rings (SSSR count). The van der Waals surface area contributed by atoms with Crippen LogP contribution in [-0.2, 0) is 4.79 Å². The molecule has 0 aliphatic carbocycles. The van der Waals surface area contributed by atoms with Gasteiger partial charge in [-0.3, -0.25) is 9.78 Å². The van der Waals surface area contributed by atoms with E-state index in [1.807, 2.05) is 61.7 Å². The minimum Gasteiger partial charge on any atom is -0.495 e. The molecule has 1 atom stereocenters. The largest absolute Gasteiger partial charge is 0.495 e. The first kappa shape index (κ1) is 20.9. The lowest BCUT2D eigenvalue weighted by Gasteiger charge is -2.28. The second-order valence-corrected chi connectivity index (χ2v) is 8.58. The van der Waals surface area contributed by atoms with Crippen LogP contribution in [0.25, 0.3) is 11.4 Å². The molecule has 1 unspecified atom stereocenters. The molecule has 1 amide bonds. The normalized spacial score (nSPS) is 15.1. The van der Waals surface area contributed by atoms with Crippen LogP contribution in [0.3, 0.4) is 0 Å². The number of fused-ring (bicyclic) bond motifs is 1. The van der Waals surface area contributed by atoms with Crippen LogP contribution in [0.1, 0.15) is 23.4 Å². The topological polar surface area (TPSA) is 94.0 Å². The number of nitrogens with one attached hydrogen (secondary N) is 2. The SMILES string of the molecule is COc1ccccc1NC(=O)C1=C(C)Nc2nc(-c3ccncc3)nn2C1c1sccc1C. The zero-order valence-corrected chi connectivity index (χ0v) is 19.2. The third-order valence-corrected chi connectivity index (χ3v) is 6.61. The number of benzene rings is 1. The van der Waals surface area contributed by atoms with E-state index < -0.39 is 6.04 Å². The first-order chi connectivity index (χ1) is 16.1. The fourth-order valence-corrected chi connectivity index (χ4v) is 4.93. The summed E-state index contributed by atoms with van der Waals surface area (Å²) in [5, 5.41) is 13.1. The Morgan fingerprint density at radius 1 is 1.15 bits per heavy atom. The molecule has 1 aliphatic heterocycles. The van der Waals surface area contributed by atoms with Gasteiger partial charge in [-0.1, -0.05) is 12.1 Å². The minimum absolute atomic E-state index is 0.228. The number of rotatable bonds is 5. The van der Waals surface area contributed by atoms with Gasteiger partial charge in [-0.05, 0) is 55.1 Å². The van der Waals surface area contributed by atoms with Gasteiger partial charge in [-0.15, -0.1) is 16.4 Å². The molecular formula is C24H22N6O2S. The van der Waals surface area contributed by atoms with Gasteiger partial charge in [0.2, 0.25) is 5.95 Å². The van der Waals surface area contributed by atoms with Crippen molar-refractivity contribution in [3.05, 3.63) is 81.9 Å². The number of allylic oxidation sites excluding steroid dienone is 1. The lowest BCUT2D eigenvalue weighted by atomic mass is 9.98. The fourth-order valence-electron chi connectivity index (χ4n) is 3.91. The molecule has 0 radical (unpaired) electrons. The van der Waals surface area contributed by atoms with Gasteiger partial charge in [0, 0.05) is 28.5 Å². The predicted octanol–water partition coefficient (Wildman–Crippen LogP) is 4.65. The first-order valence-corrected chi connectivity index (χ1v) is 11.3. The summed E-state index contributed by atoms with van der Waals surface area (Å²) in [5.74, 6) is 1.52. The highest BCUT2D eigenvalue weighted by Crippen LogP contribution is 2.40. The number of anilines is 2. The van der Waals surface area contributed by atoms with E-state index in [1.54, 1.807) is 35.5 Å². The van der Waals surface area contributed by atoms with E-state index in [4.69, 9.17) is 14.8 Å². The molecule has 9 heteroatoms. The summed E-state index contributed by atoms with van der Waals surface area (Å²) in [6.07, 6.45) is 3.42. The maximum absolute atomic E-state index is 13.6. The van der Waals surface area contributed by atoms with Gasteiger partial charge >= 0.3 is 0 Å². The van der Waals surface area contributed by atoms with Crippen molar-refractivity contribution in [2.24, 2.45) is 0 Å². The highest BCUT2D eigenvalue weighted by molar-refractivity contribution is 7.10. The molecule has 1 aliphatic rings. The van der Waals surface area contributed by atoms with E-state index in [0.29, 0.717) is 28.8 Å². The van der Waals surface area contributed by atoms with Crippen molar-refractivity contribution in [1.29, 1.82) is 0 Å². The maximum Gasteiger partial charge on any atom is 0.256 e. The van der Waals surface area contributed by atoms with Crippen LogP contribution in [0.2, 0.25) is 0 Å². The molecule has 0 spiro atoms. The molecule has 1 aromatic carbocycles. The van der Waals surface area contributed by atoms with Crippen LogP contribution < -0.4 is 15.4 Å². The number of carbonyl (C=O) groups is 1. The third kappa shape index (κ3) is 3.76. The van der Waals surface area contributed by atoms with Crippen molar-refractivity contribution in [2.75, 3.05) is 17.7 Å². The molecule has 8 nitrogen and oxygen atoms in total. The Balaban J connectivity index is 1.60. The highest BCUT2D eigenvalue weighted by atomic mass is 32.1. The molecular weight excluding hydrogens is 436 g/mol. The number of aryl methyl sites for hydroxylation is 1. The van der Waals surface area contributed by atoms with E-state index in [-0.39, 0.29) is 5.91 Å². The Labute approximate surface area is 195 Å². The van der Waals surface area contributed by atoms with Crippen LogP contribution >= 0.6 is 11.3 Å². The van der Waals surface area contributed by atoms with E-state index in [0.717, 1.165) is 21.7 Å².